The molecule has 27 heavy (non-hydrogen) atoms. The van der Waals surface area contributed by atoms with Gasteiger partial charge in [-0.05, 0) is 29.3 Å². The maximum absolute atomic E-state index is 6.21. The minimum atomic E-state index is 0.237. The Bertz CT molecular complexity index is 878. The molecule has 3 rings (SSSR count). The third kappa shape index (κ3) is 4.50. The number of hydrogen-bond donors (Lipinski definition) is 0. The second-order valence-electron chi connectivity index (χ2n) is 5.85. The molecule has 0 amide bonds. The van der Waals surface area contributed by atoms with E-state index in [0.717, 1.165) is 32.9 Å². The van der Waals surface area contributed by atoms with Crippen LogP contribution in [0.15, 0.2) is 29.6 Å². The zero-order valence-corrected chi connectivity index (χ0v) is 17.1. The van der Waals surface area contributed by atoms with E-state index in [1.807, 2.05) is 24.3 Å². The molecule has 2 heterocycles. The molecule has 0 aliphatic heterocycles. The van der Waals surface area contributed by atoms with E-state index in [0.29, 0.717) is 26.3 Å². The molecular weight excluding hydrogens is 386 g/mol. The van der Waals surface area contributed by atoms with Crippen LogP contribution in [-0.2, 0) is 9.47 Å². The van der Waals surface area contributed by atoms with Crippen LogP contribution in [0.25, 0.3) is 21.3 Å². The summed E-state index contributed by atoms with van der Waals surface area (Å²) in [5.41, 5.74) is 2.15. The predicted octanol–water partition coefficient (Wildman–Crippen LogP) is 4.12. The van der Waals surface area contributed by atoms with Gasteiger partial charge in [-0.1, -0.05) is 12.1 Å². The molecule has 0 aliphatic carbocycles. The lowest BCUT2D eigenvalue weighted by Crippen LogP contribution is -2.31. The van der Waals surface area contributed by atoms with Gasteiger partial charge in [-0.25, -0.2) is 4.98 Å². The average molecular weight is 408 g/mol. The minimum absolute atomic E-state index is 0.237. The number of fused-ring (bicyclic) bond motifs is 1. The minimum Gasteiger partial charge on any atom is -0.497 e. The van der Waals surface area contributed by atoms with Crippen LogP contribution < -0.4 is 9.64 Å². The van der Waals surface area contributed by atoms with E-state index in [1.165, 1.54) is 0 Å². The van der Waals surface area contributed by atoms with Gasteiger partial charge >= 0.3 is 0 Å². The van der Waals surface area contributed by atoms with Crippen molar-refractivity contribution in [1.29, 1.82) is 0 Å². The monoisotopic (exact) mass is 407 g/mol. The molecule has 6 nitrogen and oxygen atoms in total. The topological polar surface area (TPSA) is 56.7 Å². The lowest BCUT2D eigenvalue weighted by molar-refractivity contribution is 0.190. The van der Waals surface area contributed by atoms with Crippen molar-refractivity contribution in [2.75, 3.05) is 52.5 Å². The second-order valence-corrected chi connectivity index (χ2v) is 7.04. The summed E-state index contributed by atoms with van der Waals surface area (Å²) >= 11 is 7.77. The Balaban J connectivity index is 2.10. The molecule has 0 bridgehead atoms. The second kappa shape index (κ2) is 9.32. The molecule has 0 unspecified atom stereocenters. The third-order valence-corrected chi connectivity index (χ3v) is 5.26. The molecule has 144 valence electrons. The van der Waals surface area contributed by atoms with Gasteiger partial charge in [-0.15, -0.1) is 11.3 Å². The van der Waals surface area contributed by atoms with Crippen LogP contribution in [0.1, 0.15) is 0 Å². The first kappa shape index (κ1) is 19.8. The maximum Gasteiger partial charge on any atom is 0.225 e. The van der Waals surface area contributed by atoms with Crippen molar-refractivity contribution in [2.24, 2.45) is 0 Å². The first-order valence-corrected chi connectivity index (χ1v) is 9.75. The first-order chi connectivity index (χ1) is 13.2. The SMILES string of the molecule is COCCN(CCOC)c1nc(Cl)nc2scc(-c3ccc(OC)cc3)c12. The fourth-order valence-electron chi connectivity index (χ4n) is 2.84. The molecule has 0 spiro atoms. The van der Waals surface area contributed by atoms with Crippen molar-refractivity contribution >= 4 is 39.0 Å². The zero-order valence-electron chi connectivity index (χ0n) is 15.6. The molecule has 0 aliphatic rings. The summed E-state index contributed by atoms with van der Waals surface area (Å²) in [6, 6.07) is 7.96. The molecule has 1 aromatic carbocycles. The highest BCUT2D eigenvalue weighted by molar-refractivity contribution is 7.17. The molecule has 0 saturated carbocycles. The molecule has 0 radical (unpaired) electrons. The summed E-state index contributed by atoms with van der Waals surface area (Å²) in [7, 11) is 5.03. The number of anilines is 1. The van der Waals surface area contributed by atoms with E-state index >= 15 is 0 Å². The lowest BCUT2D eigenvalue weighted by atomic mass is 10.1. The van der Waals surface area contributed by atoms with Crippen LogP contribution in [-0.4, -0.2) is 57.6 Å². The number of ether oxygens (including phenoxy) is 3. The first-order valence-electron chi connectivity index (χ1n) is 8.50. The molecule has 2 aromatic heterocycles. The van der Waals surface area contributed by atoms with Crippen molar-refractivity contribution < 1.29 is 14.2 Å². The van der Waals surface area contributed by atoms with Crippen molar-refractivity contribution in [3.8, 4) is 16.9 Å². The summed E-state index contributed by atoms with van der Waals surface area (Å²) in [5, 5.41) is 3.31. The van der Waals surface area contributed by atoms with Gasteiger partial charge in [-0.2, -0.15) is 4.98 Å². The fraction of sp³-hybridized carbons (Fsp3) is 0.368. The Morgan fingerprint density at radius 3 is 2.26 bits per heavy atom. The van der Waals surface area contributed by atoms with Crippen molar-refractivity contribution in [3.05, 3.63) is 34.9 Å². The Morgan fingerprint density at radius 2 is 1.67 bits per heavy atom. The van der Waals surface area contributed by atoms with Gasteiger partial charge in [0.1, 0.15) is 16.4 Å². The molecule has 0 saturated heterocycles. The lowest BCUT2D eigenvalue weighted by Gasteiger charge is -2.24. The van der Waals surface area contributed by atoms with E-state index < -0.39 is 0 Å². The largest absolute Gasteiger partial charge is 0.497 e. The number of hydrogen-bond acceptors (Lipinski definition) is 7. The van der Waals surface area contributed by atoms with Crippen LogP contribution in [0.3, 0.4) is 0 Å². The summed E-state index contributed by atoms with van der Waals surface area (Å²) in [6.45, 7) is 2.52. The highest BCUT2D eigenvalue weighted by Gasteiger charge is 2.19. The number of halogens is 1. The summed E-state index contributed by atoms with van der Waals surface area (Å²) in [5.74, 6) is 1.62. The molecule has 0 fully saturated rings. The van der Waals surface area contributed by atoms with E-state index in [4.69, 9.17) is 25.8 Å². The third-order valence-electron chi connectivity index (χ3n) is 4.22. The van der Waals surface area contributed by atoms with Crippen LogP contribution in [0.2, 0.25) is 5.28 Å². The number of methoxy groups -OCH3 is 3. The van der Waals surface area contributed by atoms with E-state index in [-0.39, 0.29) is 5.28 Å². The van der Waals surface area contributed by atoms with Gasteiger partial charge < -0.3 is 19.1 Å². The Hall–Kier alpha value is -1.93. The van der Waals surface area contributed by atoms with Crippen molar-refractivity contribution in [2.45, 2.75) is 0 Å². The predicted molar refractivity (Wildman–Crippen MR) is 110 cm³/mol. The molecular formula is C19H22ClN3O3S. The number of nitrogens with zero attached hydrogens (tertiary/aromatic N) is 3. The van der Waals surface area contributed by atoms with Gasteiger partial charge in [0, 0.05) is 38.3 Å². The molecule has 3 aromatic rings. The molecule has 8 heteroatoms. The fourth-order valence-corrected chi connectivity index (χ4v) is 3.99. The van der Waals surface area contributed by atoms with Crippen molar-refractivity contribution in [1.82, 2.24) is 9.97 Å². The van der Waals surface area contributed by atoms with Crippen LogP contribution in [0, 0.1) is 0 Å². The highest BCUT2D eigenvalue weighted by Crippen LogP contribution is 2.39. The normalized spacial score (nSPS) is 11.1. The average Bonchev–Trinajstić information content (AvgIpc) is 3.11. The van der Waals surface area contributed by atoms with Crippen LogP contribution >= 0.6 is 22.9 Å². The van der Waals surface area contributed by atoms with E-state index in [1.54, 1.807) is 32.7 Å². The van der Waals surface area contributed by atoms with Crippen LogP contribution in [0.4, 0.5) is 5.82 Å². The van der Waals surface area contributed by atoms with Gasteiger partial charge in [0.15, 0.2) is 0 Å². The summed E-state index contributed by atoms with van der Waals surface area (Å²) in [4.78, 5) is 12.0. The maximum atomic E-state index is 6.21. The van der Waals surface area contributed by atoms with Gasteiger partial charge in [-0.3, -0.25) is 0 Å². The summed E-state index contributed by atoms with van der Waals surface area (Å²) < 4.78 is 15.8. The number of thiophene rings is 1. The summed E-state index contributed by atoms with van der Waals surface area (Å²) in [6.07, 6.45) is 0. The number of aromatic nitrogens is 2. The standard InChI is InChI=1S/C19H22ClN3O3S/c1-24-10-8-23(9-11-25-2)17-16-15(12-27-18(16)22-19(20)21-17)13-4-6-14(26-3)7-5-13/h4-7,12H,8-11H2,1-3H3. The quantitative estimate of drug-likeness (QED) is 0.497. The number of rotatable bonds is 9. The smallest absolute Gasteiger partial charge is 0.225 e. The highest BCUT2D eigenvalue weighted by atomic mass is 35.5. The van der Waals surface area contributed by atoms with Gasteiger partial charge in [0.05, 0.1) is 25.7 Å². The Labute approximate surface area is 167 Å². The number of benzene rings is 1. The zero-order chi connectivity index (χ0) is 19.2. The molecule has 0 atom stereocenters. The van der Waals surface area contributed by atoms with Crippen molar-refractivity contribution in [3.63, 3.8) is 0 Å². The van der Waals surface area contributed by atoms with Crippen LogP contribution in [0.5, 0.6) is 5.75 Å². The Morgan fingerprint density at radius 1 is 1.00 bits per heavy atom. The Kier molecular flexibility index (Phi) is 6.84. The van der Waals surface area contributed by atoms with E-state index in [2.05, 4.69) is 20.2 Å². The van der Waals surface area contributed by atoms with E-state index in [9.17, 15) is 0 Å². The molecule has 0 N–H and O–H groups in total. The van der Waals surface area contributed by atoms with Gasteiger partial charge in [0.2, 0.25) is 5.28 Å². The van der Waals surface area contributed by atoms with Gasteiger partial charge in [0.25, 0.3) is 0 Å².